The summed E-state index contributed by atoms with van der Waals surface area (Å²) in [5, 5.41) is 9.39. The van der Waals surface area contributed by atoms with Gasteiger partial charge in [-0.3, -0.25) is 0 Å². The minimum absolute atomic E-state index is 0.0280. The molecule has 1 atom stereocenters. The molecule has 1 rings (SSSR count). The molecule has 0 aromatic heterocycles. The quantitative estimate of drug-likeness (QED) is 0.801. The van der Waals surface area contributed by atoms with Crippen molar-refractivity contribution in [1.29, 1.82) is 0 Å². The lowest BCUT2D eigenvalue weighted by atomic mass is 9.81. The van der Waals surface area contributed by atoms with Crippen molar-refractivity contribution in [2.45, 2.75) is 40.5 Å². The Bertz CT molecular complexity index is 304. The van der Waals surface area contributed by atoms with Gasteiger partial charge in [0.05, 0.1) is 0 Å². The van der Waals surface area contributed by atoms with Crippen molar-refractivity contribution in [1.82, 2.24) is 0 Å². The normalized spacial score (nSPS) is 15.0. The number of rotatable bonds is 4. The topological polar surface area (TPSA) is 20.2 Å². The summed E-state index contributed by atoms with van der Waals surface area (Å²) in [6.07, 6.45) is 1.97. The summed E-state index contributed by atoms with van der Waals surface area (Å²) in [5.74, 6) is 0. The van der Waals surface area contributed by atoms with Crippen molar-refractivity contribution in [3.05, 3.63) is 34.9 Å². The number of aliphatic hydroxyl groups excluding tert-OH is 1. The SMILES string of the molecule is CCC(C)(CO)Cc1cc(C)cc(C)c1. The third kappa shape index (κ3) is 3.35. The van der Waals surface area contributed by atoms with Gasteiger partial charge in [-0.15, -0.1) is 0 Å². The zero-order valence-electron chi connectivity index (χ0n) is 10.3. The molecule has 0 aliphatic rings. The Balaban J connectivity index is 2.88. The summed E-state index contributed by atoms with van der Waals surface area (Å²) in [4.78, 5) is 0. The predicted octanol–water partition coefficient (Wildman–Crippen LogP) is 3.25. The molecule has 0 aliphatic heterocycles. The van der Waals surface area contributed by atoms with Crippen molar-refractivity contribution in [2.24, 2.45) is 5.41 Å². The number of hydrogen-bond acceptors (Lipinski definition) is 1. The summed E-state index contributed by atoms with van der Waals surface area (Å²) >= 11 is 0. The first-order valence-electron chi connectivity index (χ1n) is 5.67. The molecule has 0 spiro atoms. The zero-order valence-corrected chi connectivity index (χ0v) is 10.3. The molecule has 0 bridgehead atoms. The molecule has 0 radical (unpaired) electrons. The molecule has 1 unspecified atom stereocenters. The van der Waals surface area contributed by atoms with Gasteiger partial charge < -0.3 is 5.11 Å². The van der Waals surface area contributed by atoms with Crippen molar-refractivity contribution < 1.29 is 5.11 Å². The number of aliphatic hydroxyl groups is 1. The van der Waals surface area contributed by atoms with E-state index in [1.807, 2.05) is 0 Å². The van der Waals surface area contributed by atoms with E-state index in [0.29, 0.717) is 0 Å². The molecule has 0 saturated heterocycles. The third-order valence-electron chi connectivity index (χ3n) is 3.15. The van der Waals surface area contributed by atoms with Crippen molar-refractivity contribution in [3.8, 4) is 0 Å². The molecule has 1 heteroatoms. The van der Waals surface area contributed by atoms with Crippen LogP contribution >= 0.6 is 0 Å². The first kappa shape index (κ1) is 12.3. The van der Waals surface area contributed by atoms with Crippen LogP contribution in [-0.4, -0.2) is 11.7 Å². The lowest BCUT2D eigenvalue weighted by molar-refractivity contribution is 0.137. The molecule has 1 N–H and O–H groups in total. The van der Waals surface area contributed by atoms with E-state index in [1.54, 1.807) is 0 Å². The summed E-state index contributed by atoms with van der Waals surface area (Å²) < 4.78 is 0. The van der Waals surface area contributed by atoms with Gasteiger partial charge in [-0.05, 0) is 37.7 Å². The Labute approximate surface area is 93.1 Å². The first-order chi connectivity index (χ1) is 6.99. The van der Waals surface area contributed by atoms with Gasteiger partial charge in [0.1, 0.15) is 0 Å². The lowest BCUT2D eigenvalue weighted by Crippen LogP contribution is -2.23. The molecule has 1 aromatic rings. The first-order valence-corrected chi connectivity index (χ1v) is 5.67. The highest BCUT2D eigenvalue weighted by molar-refractivity contribution is 5.29. The summed E-state index contributed by atoms with van der Waals surface area (Å²) in [5.41, 5.74) is 3.98. The zero-order chi connectivity index (χ0) is 11.5. The maximum atomic E-state index is 9.39. The fraction of sp³-hybridized carbons (Fsp3) is 0.571. The van der Waals surface area contributed by atoms with E-state index in [1.165, 1.54) is 16.7 Å². The van der Waals surface area contributed by atoms with Gasteiger partial charge in [0.2, 0.25) is 0 Å². The van der Waals surface area contributed by atoms with Crippen molar-refractivity contribution >= 4 is 0 Å². The highest BCUT2D eigenvalue weighted by Gasteiger charge is 2.21. The Morgan fingerprint density at radius 3 is 2.07 bits per heavy atom. The highest BCUT2D eigenvalue weighted by Crippen LogP contribution is 2.26. The second-order valence-corrected chi connectivity index (χ2v) is 5.00. The number of benzene rings is 1. The fourth-order valence-electron chi connectivity index (χ4n) is 1.96. The van der Waals surface area contributed by atoms with Crippen molar-refractivity contribution in [2.75, 3.05) is 6.61 Å². The van der Waals surface area contributed by atoms with E-state index >= 15 is 0 Å². The minimum atomic E-state index is 0.0280. The summed E-state index contributed by atoms with van der Waals surface area (Å²) in [6, 6.07) is 6.62. The molecule has 15 heavy (non-hydrogen) atoms. The van der Waals surface area contributed by atoms with Crippen LogP contribution in [0, 0.1) is 19.3 Å². The van der Waals surface area contributed by atoms with E-state index in [-0.39, 0.29) is 12.0 Å². The Kier molecular flexibility index (Phi) is 3.92. The van der Waals surface area contributed by atoms with Gasteiger partial charge in [0.25, 0.3) is 0 Å². The molecular formula is C14H22O. The van der Waals surface area contributed by atoms with Gasteiger partial charge in [-0.25, -0.2) is 0 Å². The van der Waals surface area contributed by atoms with E-state index in [4.69, 9.17) is 0 Å². The average molecular weight is 206 g/mol. The van der Waals surface area contributed by atoms with Crippen LogP contribution in [0.5, 0.6) is 0 Å². The maximum Gasteiger partial charge on any atom is 0.0487 e. The van der Waals surface area contributed by atoms with E-state index in [2.05, 4.69) is 45.9 Å². The molecule has 0 aliphatic carbocycles. The number of aryl methyl sites for hydroxylation is 2. The molecular weight excluding hydrogens is 184 g/mol. The Morgan fingerprint density at radius 1 is 1.13 bits per heavy atom. The van der Waals surface area contributed by atoms with Crippen molar-refractivity contribution in [3.63, 3.8) is 0 Å². The molecule has 1 aromatic carbocycles. The Hall–Kier alpha value is -0.820. The molecule has 1 nitrogen and oxygen atoms in total. The van der Waals surface area contributed by atoms with Crippen LogP contribution in [-0.2, 0) is 6.42 Å². The molecule has 0 amide bonds. The summed E-state index contributed by atoms with van der Waals surface area (Å²) in [7, 11) is 0. The largest absolute Gasteiger partial charge is 0.396 e. The molecule has 0 heterocycles. The lowest BCUT2D eigenvalue weighted by Gasteiger charge is -2.26. The minimum Gasteiger partial charge on any atom is -0.396 e. The van der Waals surface area contributed by atoms with Crippen LogP contribution < -0.4 is 0 Å². The highest BCUT2D eigenvalue weighted by atomic mass is 16.3. The second-order valence-electron chi connectivity index (χ2n) is 5.00. The summed E-state index contributed by atoms with van der Waals surface area (Å²) in [6.45, 7) is 8.79. The van der Waals surface area contributed by atoms with Crippen LogP contribution in [0.1, 0.15) is 37.0 Å². The monoisotopic (exact) mass is 206 g/mol. The predicted molar refractivity (Wildman–Crippen MR) is 65.1 cm³/mol. The standard InChI is InChI=1S/C14H22O/c1-5-14(4,10-15)9-13-7-11(2)6-12(3)8-13/h6-8,15H,5,9-10H2,1-4H3. The van der Waals surface area contributed by atoms with Crippen LogP contribution in [0.3, 0.4) is 0 Å². The molecule has 84 valence electrons. The van der Waals surface area contributed by atoms with Crippen LogP contribution in [0.4, 0.5) is 0 Å². The van der Waals surface area contributed by atoms with Crippen LogP contribution in [0.25, 0.3) is 0 Å². The maximum absolute atomic E-state index is 9.39. The van der Waals surface area contributed by atoms with E-state index < -0.39 is 0 Å². The van der Waals surface area contributed by atoms with E-state index in [9.17, 15) is 5.11 Å². The molecule has 0 saturated carbocycles. The molecule has 0 fully saturated rings. The average Bonchev–Trinajstić information content (AvgIpc) is 2.16. The Morgan fingerprint density at radius 2 is 1.67 bits per heavy atom. The second kappa shape index (κ2) is 4.80. The van der Waals surface area contributed by atoms with Gasteiger partial charge >= 0.3 is 0 Å². The third-order valence-corrected chi connectivity index (χ3v) is 3.15. The van der Waals surface area contributed by atoms with E-state index in [0.717, 1.165) is 12.8 Å². The number of hydrogen-bond donors (Lipinski definition) is 1. The van der Waals surface area contributed by atoms with Crippen LogP contribution in [0.2, 0.25) is 0 Å². The fourth-order valence-corrected chi connectivity index (χ4v) is 1.96. The van der Waals surface area contributed by atoms with Gasteiger partial charge in [-0.2, -0.15) is 0 Å². The smallest absolute Gasteiger partial charge is 0.0487 e. The van der Waals surface area contributed by atoms with Gasteiger partial charge in [0.15, 0.2) is 0 Å². The van der Waals surface area contributed by atoms with Gasteiger partial charge in [0, 0.05) is 6.61 Å². The van der Waals surface area contributed by atoms with Crippen LogP contribution in [0.15, 0.2) is 18.2 Å². The van der Waals surface area contributed by atoms with Gasteiger partial charge in [-0.1, -0.05) is 43.2 Å².